The molecule has 0 aliphatic rings. The Hall–Kier alpha value is -1.80. The summed E-state index contributed by atoms with van der Waals surface area (Å²) < 4.78 is 8.34. The number of ether oxygens (including phenoxy) is 2. The van der Waals surface area contributed by atoms with Crippen molar-refractivity contribution >= 4 is 23.9 Å². The number of esters is 4. The van der Waals surface area contributed by atoms with Crippen molar-refractivity contribution in [1.29, 1.82) is 0 Å². The molecule has 0 fully saturated rings. The molecule has 0 N–H and O–H groups in total. The highest BCUT2D eigenvalue weighted by atomic mass is 16.6. The van der Waals surface area contributed by atoms with E-state index in [-0.39, 0.29) is 13.1 Å². The molecule has 18 heavy (non-hydrogen) atoms. The molecule has 0 rings (SSSR count). The summed E-state index contributed by atoms with van der Waals surface area (Å²) in [5, 5.41) is 0. The lowest BCUT2D eigenvalue weighted by molar-refractivity contribution is -0.177. The highest BCUT2D eigenvalue weighted by Gasteiger charge is 2.24. The standard InChI is InChI=1S/C10H16N2O6/c1-11(2)5-7(13)17-9(15)10(16)18-8(14)6-12(3)4/h5-6H2,1-4H3. The zero-order valence-corrected chi connectivity index (χ0v) is 10.8. The molecule has 0 aromatic rings. The molecule has 0 aliphatic carbocycles. The third-order valence-corrected chi connectivity index (χ3v) is 1.47. The van der Waals surface area contributed by atoms with E-state index in [2.05, 4.69) is 9.47 Å². The van der Waals surface area contributed by atoms with Crippen LogP contribution in [0, 0.1) is 0 Å². The van der Waals surface area contributed by atoms with E-state index in [1.165, 1.54) is 9.80 Å². The number of carbonyl (C=O) groups is 4. The predicted molar refractivity (Wildman–Crippen MR) is 59.3 cm³/mol. The smallest absolute Gasteiger partial charge is 0.384 e. The summed E-state index contributed by atoms with van der Waals surface area (Å²) >= 11 is 0. The van der Waals surface area contributed by atoms with Crippen LogP contribution in [0.4, 0.5) is 0 Å². The molecule has 0 saturated heterocycles. The predicted octanol–water partition coefficient (Wildman–Crippen LogP) is -1.75. The first-order valence-corrected chi connectivity index (χ1v) is 5.01. The third kappa shape index (κ3) is 7.47. The minimum Gasteiger partial charge on any atom is -0.384 e. The SMILES string of the molecule is CN(C)CC(=O)OC(=O)C(=O)OC(=O)CN(C)C. The first-order valence-electron chi connectivity index (χ1n) is 5.01. The maximum absolute atomic E-state index is 11.1. The van der Waals surface area contributed by atoms with E-state index >= 15 is 0 Å². The van der Waals surface area contributed by atoms with Crippen LogP contribution in [-0.2, 0) is 28.7 Å². The lowest BCUT2D eigenvalue weighted by Gasteiger charge is -2.09. The molecule has 0 radical (unpaired) electrons. The van der Waals surface area contributed by atoms with E-state index in [0.29, 0.717) is 0 Å². The van der Waals surface area contributed by atoms with Crippen LogP contribution in [0.2, 0.25) is 0 Å². The van der Waals surface area contributed by atoms with E-state index in [9.17, 15) is 19.2 Å². The van der Waals surface area contributed by atoms with Gasteiger partial charge in [0.2, 0.25) is 0 Å². The topological polar surface area (TPSA) is 93.2 Å². The van der Waals surface area contributed by atoms with Gasteiger partial charge < -0.3 is 9.47 Å². The number of hydrogen-bond donors (Lipinski definition) is 0. The van der Waals surface area contributed by atoms with Crippen molar-refractivity contribution < 1.29 is 28.7 Å². The van der Waals surface area contributed by atoms with Crippen LogP contribution in [0.3, 0.4) is 0 Å². The molecule has 0 unspecified atom stereocenters. The number of hydrogen-bond acceptors (Lipinski definition) is 8. The van der Waals surface area contributed by atoms with Crippen molar-refractivity contribution in [2.45, 2.75) is 0 Å². The largest absolute Gasteiger partial charge is 0.425 e. The molecule has 0 saturated carbocycles. The van der Waals surface area contributed by atoms with Gasteiger partial charge in [-0.15, -0.1) is 0 Å². The Bertz CT molecular complexity index is 316. The van der Waals surface area contributed by atoms with Gasteiger partial charge in [-0.3, -0.25) is 19.4 Å². The van der Waals surface area contributed by atoms with Crippen molar-refractivity contribution in [2.75, 3.05) is 41.3 Å². The number of rotatable bonds is 4. The van der Waals surface area contributed by atoms with Gasteiger partial charge in [0.25, 0.3) is 0 Å². The Morgan fingerprint density at radius 3 is 1.22 bits per heavy atom. The Labute approximate surface area is 104 Å². The molecule has 0 bridgehead atoms. The van der Waals surface area contributed by atoms with Crippen LogP contribution >= 0.6 is 0 Å². The van der Waals surface area contributed by atoms with Gasteiger partial charge in [0, 0.05) is 0 Å². The Morgan fingerprint density at radius 2 is 1.00 bits per heavy atom. The zero-order valence-electron chi connectivity index (χ0n) is 10.8. The average Bonchev–Trinajstić information content (AvgIpc) is 2.13. The molecule has 8 heteroatoms. The highest BCUT2D eigenvalue weighted by molar-refractivity contribution is 6.33. The fraction of sp³-hybridized carbons (Fsp3) is 0.600. The fourth-order valence-corrected chi connectivity index (χ4v) is 0.871. The molecular weight excluding hydrogens is 244 g/mol. The average molecular weight is 260 g/mol. The van der Waals surface area contributed by atoms with Crippen molar-refractivity contribution in [3.63, 3.8) is 0 Å². The molecule has 8 nitrogen and oxygen atoms in total. The maximum Gasteiger partial charge on any atom is 0.425 e. The van der Waals surface area contributed by atoms with Gasteiger partial charge in [0.1, 0.15) is 0 Å². The van der Waals surface area contributed by atoms with Crippen molar-refractivity contribution in [1.82, 2.24) is 9.80 Å². The fourth-order valence-electron chi connectivity index (χ4n) is 0.871. The summed E-state index contributed by atoms with van der Waals surface area (Å²) in [4.78, 5) is 47.1. The van der Waals surface area contributed by atoms with E-state index in [4.69, 9.17) is 0 Å². The molecular formula is C10H16N2O6. The van der Waals surface area contributed by atoms with Gasteiger partial charge in [-0.2, -0.15) is 0 Å². The van der Waals surface area contributed by atoms with Crippen molar-refractivity contribution in [3.05, 3.63) is 0 Å². The molecule has 0 spiro atoms. The van der Waals surface area contributed by atoms with Crippen LogP contribution in [0.25, 0.3) is 0 Å². The maximum atomic E-state index is 11.1. The Morgan fingerprint density at radius 1 is 0.722 bits per heavy atom. The summed E-state index contributed by atoms with van der Waals surface area (Å²) in [6, 6.07) is 0. The molecule has 0 aromatic carbocycles. The third-order valence-electron chi connectivity index (χ3n) is 1.47. The van der Waals surface area contributed by atoms with Crippen LogP contribution < -0.4 is 0 Å². The van der Waals surface area contributed by atoms with Crippen LogP contribution in [0.1, 0.15) is 0 Å². The monoisotopic (exact) mass is 260 g/mol. The number of nitrogens with zero attached hydrogens (tertiary/aromatic N) is 2. The van der Waals surface area contributed by atoms with Crippen LogP contribution in [-0.4, -0.2) is 75.0 Å². The van der Waals surface area contributed by atoms with Gasteiger partial charge >= 0.3 is 23.9 Å². The van der Waals surface area contributed by atoms with Gasteiger partial charge in [0.15, 0.2) is 0 Å². The summed E-state index contributed by atoms with van der Waals surface area (Å²) in [7, 11) is 6.35. The molecule has 102 valence electrons. The van der Waals surface area contributed by atoms with Crippen molar-refractivity contribution in [2.24, 2.45) is 0 Å². The Kier molecular flexibility index (Phi) is 6.76. The number of carbonyl (C=O) groups excluding carboxylic acids is 4. The first-order chi connectivity index (χ1) is 8.22. The molecule has 0 aromatic heterocycles. The molecule has 0 heterocycles. The van der Waals surface area contributed by atoms with Crippen LogP contribution in [0.5, 0.6) is 0 Å². The van der Waals surface area contributed by atoms with E-state index in [0.717, 1.165) is 0 Å². The normalized spacial score (nSPS) is 10.3. The van der Waals surface area contributed by atoms with Crippen molar-refractivity contribution in [3.8, 4) is 0 Å². The zero-order chi connectivity index (χ0) is 14.3. The molecule has 0 atom stereocenters. The quantitative estimate of drug-likeness (QED) is 0.334. The lowest BCUT2D eigenvalue weighted by atomic mass is 10.5. The van der Waals surface area contributed by atoms with E-state index < -0.39 is 23.9 Å². The highest BCUT2D eigenvalue weighted by Crippen LogP contribution is 1.90. The second-order valence-corrected chi connectivity index (χ2v) is 4.00. The minimum absolute atomic E-state index is 0.162. The summed E-state index contributed by atoms with van der Waals surface area (Å²) in [5.41, 5.74) is 0. The number of likely N-dealkylation sites (N-methyl/N-ethyl adjacent to an activating group) is 2. The van der Waals surface area contributed by atoms with E-state index in [1.807, 2.05) is 0 Å². The first kappa shape index (κ1) is 16.2. The summed E-state index contributed by atoms with van der Waals surface area (Å²) in [5.74, 6) is -4.81. The lowest BCUT2D eigenvalue weighted by Crippen LogP contribution is -2.32. The van der Waals surface area contributed by atoms with Crippen LogP contribution in [0.15, 0.2) is 0 Å². The minimum atomic E-state index is -1.51. The van der Waals surface area contributed by atoms with Gasteiger partial charge in [-0.1, -0.05) is 0 Å². The Balaban J connectivity index is 4.15. The van der Waals surface area contributed by atoms with E-state index in [1.54, 1.807) is 28.2 Å². The molecule has 0 amide bonds. The second-order valence-electron chi connectivity index (χ2n) is 4.00. The second kappa shape index (κ2) is 7.51. The molecule has 0 aliphatic heterocycles. The van der Waals surface area contributed by atoms with Gasteiger partial charge in [0.05, 0.1) is 13.1 Å². The van der Waals surface area contributed by atoms with Gasteiger partial charge in [-0.05, 0) is 28.2 Å². The summed E-state index contributed by atoms with van der Waals surface area (Å²) in [6.45, 7) is -0.324. The summed E-state index contributed by atoms with van der Waals surface area (Å²) in [6.07, 6.45) is 0. The van der Waals surface area contributed by atoms with Gasteiger partial charge in [-0.25, -0.2) is 9.59 Å².